The van der Waals surface area contributed by atoms with Crippen LogP contribution in [0, 0.1) is 0 Å². The summed E-state index contributed by atoms with van der Waals surface area (Å²) in [7, 11) is 1.49. The minimum Gasteiger partial charge on any atom is -0.508 e. The molecule has 0 atom stereocenters. The lowest BCUT2D eigenvalue weighted by atomic mass is 10.2. The van der Waals surface area contributed by atoms with E-state index in [9.17, 15) is 9.90 Å². The molecule has 0 spiro atoms. The van der Waals surface area contributed by atoms with Gasteiger partial charge >= 0.3 is 0 Å². The van der Waals surface area contributed by atoms with E-state index in [1.807, 2.05) is 0 Å². The fourth-order valence-corrected chi connectivity index (χ4v) is 2.21. The van der Waals surface area contributed by atoms with Crippen molar-refractivity contribution < 1.29 is 14.6 Å². The predicted octanol–water partition coefficient (Wildman–Crippen LogP) is 4.07. The van der Waals surface area contributed by atoms with Crippen LogP contribution in [-0.2, 0) is 0 Å². The van der Waals surface area contributed by atoms with Crippen molar-refractivity contribution in [3.63, 3.8) is 0 Å². The van der Waals surface area contributed by atoms with Gasteiger partial charge in [0.1, 0.15) is 11.5 Å². The van der Waals surface area contributed by atoms with Crippen LogP contribution in [-0.4, -0.2) is 18.1 Å². The number of carbonyl (C=O) groups excluding carboxylic acids is 1. The maximum Gasteiger partial charge on any atom is 0.259 e. The molecule has 2 aromatic carbocycles. The molecule has 6 heteroatoms. The standard InChI is InChI=1S/C14H11BrClNO3/c1-20-13-6-8(15)2-4-10(13)14(19)17-12-5-3-9(18)7-11(12)16/h2-7,18H,1H3,(H,17,19). The SMILES string of the molecule is COc1cc(Br)ccc1C(=O)Nc1ccc(O)cc1Cl. The number of halogens is 2. The molecule has 0 aliphatic carbocycles. The maximum atomic E-state index is 12.2. The Morgan fingerprint density at radius 3 is 2.70 bits per heavy atom. The van der Waals surface area contributed by atoms with E-state index in [0.717, 1.165) is 4.47 Å². The second-order valence-electron chi connectivity index (χ2n) is 3.96. The van der Waals surface area contributed by atoms with Crippen molar-refractivity contribution in [2.24, 2.45) is 0 Å². The quantitative estimate of drug-likeness (QED) is 0.815. The van der Waals surface area contributed by atoms with Crippen LogP contribution in [0.5, 0.6) is 11.5 Å². The molecule has 4 nitrogen and oxygen atoms in total. The number of hydrogen-bond donors (Lipinski definition) is 2. The number of nitrogens with one attached hydrogen (secondary N) is 1. The number of hydrogen-bond acceptors (Lipinski definition) is 3. The van der Waals surface area contributed by atoms with Crippen LogP contribution in [0.1, 0.15) is 10.4 Å². The highest BCUT2D eigenvalue weighted by atomic mass is 79.9. The lowest BCUT2D eigenvalue weighted by Gasteiger charge is -2.11. The molecule has 0 unspecified atom stereocenters. The molecule has 0 radical (unpaired) electrons. The van der Waals surface area contributed by atoms with Gasteiger partial charge in [-0.3, -0.25) is 4.79 Å². The zero-order valence-corrected chi connectivity index (χ0v) is 12.8. The monoisotopic (exact) mass is 355 g/mol. The summed E-state index contributed by atoms with van der Waals surface area (Å²) in [5, 5.41) is 12.2. The molecule has 0 heterocycles. The third-order valence-electron chi connectivity index (χ3n) is 2.61. The van der Waals surface area contributed by atoms with Crippen LogP contribution >= 0.6 is 27.5 Å². The van der Waals surface area contributed by atoms with Crippen molar-refractivity contribution in [2.45, 2.75) is 0 Å². The van der Waals surface area contributed by atoms with E-state index in [4.69, 9.17) is 16.3 Å². The molecule has 2 N–H and O–H groups in total. The van der Waals surface area contributed by atoms with Gasteiger partial charge in [0.2, 0.25) is 0 Å². The lowest BCUT2D eigenvalue weighted by Crippen LogP contribution is -2.13. The van der Waals surface area contributed by atoms with Gasteiger partial charge in [-0.15, -0.1) is 0 Å². The zero-order chi connectivity index (χ0) is 14.7. The molecule has 0 aliphatic rings. The fraction of sp³-hybridized carbons (Fsp3) is 0.0714. The van der Waals surface area contributed by atoms with Gasteiger partial charge in [-0.1, -0.05) is 27.5 Å². The predicted molar refractivity (Wildman–Crippen MR) is 81.8 cm³/mol. The summed E-state index contributed by atoms with van der Waals surface area (Å²) in [6.07, 6.45) is 0. The molecule has 0 aliphatic heterocycles. The maximum absolute atomic E-state index is 12.2. The van der Waals surface area contributed by atoms with Crippen molar-refractivity contribution >= 4 is 39.1 Å². The number of phenols is 1. The molecule has 0 bridgehead atoms. The number of amides is 1. The molecular weight excluding hydrogens is 346 g/mol. The van der Waals surface area contributed by atoms with Crippen LogP contribution in [0.4, 0.5) is 5.69 Å². The Bertz CT molecular complexity index is 661. The van der Waals surface area contributed by atoms with Gasteiger partial charge in [0, 0.05) is 10.5 Å². The second-order valence-corrected chi connectivity index (χ2v) is 5.29. The third kappa shape index (κ3) is 3.23. The summed E-state index contributed by atoms with van der Waals surface area (Å²) in [5.41, 5.74) is 0.805. The molecule has 0 saturated carbocycles. The molecule has 1 amide bonds. The number of phenolic OH excluding ortho intramolecular Hbond substituents is 1. The first-order valence-electron chi connectivity index (χ1n) is 5.64. The van der Waals surface area contributed by atoms with Gasteiger partial charge in [0.25, 0.3) is 5.91 Å². The molecule has 2 rings (SSSR count). The molecule has 20 heavy (non-hydrogen) atoms. The number of anilines is 1. The van der Waals surface area contributed by atoms with Crippen LogP contribution in [0.2, 0.25) is 5.02 Å². The minimum absolute atomic E-state index is 0.0363. The Hall–Kier alpha value is -1.72. The first-order chi connectivity index (χ1) is 9.51. The van der Waals surface area contributed by atoms with Gasteiger partial charge in [-0.05, 0) is 30.3 Å². The summed E-state index contributed by atoms with van der Waals surface area (Å²) in [5.74, 6) is 0.142. The molecule has 2 aromatic rings. The van der Waals surface area contributed by atoms with E-state index in [0.29, 0.717) is 17.0 Å². The van der Waals surface area contributed by atoms with E-state index in [2.05, 4.69) is 21.2 Å². The highest BCUT2D eigenvalue weighted by Crippen LogP contribution is 2.28. The number of carbonyl (C=O) groups is 1. The first kappa shape index (κ1) is 14.7. The average Bonchev–Trinajstić information content (AvgIpc) is 2.41. The number of aromatic hydroxyl groups is 1. The van der Waals surface area contributed by atoms with Crippen molar-refractivity contribution in [2.75, 3.05) is 12.4 Å². The Kier molecular flexibility index (Phi) is 4.52. The summed E-state index contributed by atoms with van der Waals surface area (Å²) in [6.45, 7) is 0. The topological polar surface area (TPSA) is 58.6 Å². The van der Waals surface area contributed by atoms with Crippen LogP contribution in [0.3, 0.4) is 0 Å². The Balaban J connectivity index is 2.28. The van der Waals surface area contributed by atoms with E-state index in [1.165, 1.54) is 25.3 Å². The highest BCUT2D eigenvalue weighted by Gasteiger charge is 2.14. The first-order valence-corrected chi connectivity index (χ1v) is 6.82. The fourth-order valence-electron chi connectivity index (χ4n) is 1.65. The number of ether oxygens (including phenoxy) is 1. The van der Waals surface area contributed by atoms with Crippen molar-refractivity contribution in [3.05, 3.63) is 51.5 Å². The molecule has 0 aromatic heterocycles. The summed E-state index contributed by atoms with van der Waals surface area (Å²) in [6, 6.07) is 9.42. The van der Waals surface area contributed by atoms with Gasteiger partial charge in [0.15, 0.2) is 0 Å². The molecular formula is C14H11BrClNO3. The largest absolute Gasteiger partial charge is 0.508 e. The van der Waals surface area contributed by atoms with Crippen LogP contribution < -0.4 is 10.1 Å². The third-order valence-corrected chi connectivity index (χ3v) is 3.42. The zero-order valence-electron chi connectivity index (χ0n) is 10.5. The van der Waals surface area contributed by atoms with Crippen LogP contribution in [0.25, 0.3) is 0 Å². The number of methoxy groups -OCH3 is 1. The smallest absolute Gasteiger partial charge is 0.259 e. The normalized spacial score (nSPS) is 10.2. The lowest BCUT2D eigenvalue weighted by molar-refractivity contribution is 0.102. The summed E-state index contributed by atoms with van der Waals surface area (Å²) >= 11 is 9.26. The minimum atomic E-state index is -0.345. The highest BCUT2D eigenvalue weighted by molar-refractivity contribution is 9.10. The van der Waals surface area contributed by atoms with E-state index in [1.54, 1.807) is 18.2 Å². The van der Waals surface area contributed by atoms with Gasteiger partial charge in [-0.2, -0.15) is 0 Å². The van der Waals surface area contributed by atoms with Crippen molar-refractivity contribution in [1.82, 2.24) is 0 Å². The van der Waals surface area contributed by atoms with E-state index in [-0.39, 0.29) is 16.7 Å². The van der Waals surface area contributed by atoms with Gasteiger partial charge in [-0.25, -0.2) is 0 Å². The number of benzene rings is 2. The molecule has 0 saturated heterocycles. The van der Waals surface area contributed by atoms with Crippen LogP contribution in [0.15, 0.2) is 40.9 Å². The van der Waals surface area contributed by atoms with E-state index >= 15 is 0 Å². The van der Waals surface area contributed by atoms with Crippen molar-refractivity contribution in [1.29, 1.82) is 0 Å². The van der Waals surface area contributed by atoms with Gasteiger partial charge < -0.3 is 15.2 Å². The average molecular weight is 357 g/mol. The Labute approximate surface area is 129 Å². The second kappa shape index (κ2) is 6.15. The molecule has 104 valence electrons. The van der Waals surface area contributed by atoms with E-state index < -0.39 is 0 Å². The Morgan fingerprint density at radius 2 is 2.05 bits per heavy atom. The summed E-state index contributed by atoms with van der Waals surface area (Å²) in [4.78, 5) is 12.2. The van der Waals surface area contributed by atoms with Gasteiger partial charge in [0.05, 0.1) is 23.4 Å². The summed E-state index contributed by atoms with van der Waals surface area (Å²) < 4.78 is 5.98. The molecule has 0 fully saturated rings. The Morgan fingerprint density at radius 1 is 1.30 bits per heavy atom. The number of rotatable bonds is 3. The van der Waals surface area contributed by atoms with Crippen molar-refractivity contribution in [3.8, 4) is 11.5 Å².